The van der Waals surface area contributed by atoms with Crippen LogP contribution in [0.5, 0.6) is 0 Å². The minimum absolute atomic E-state index is 0.0240. The highest BCUT2D eigenvalue weighted by Crippen LogP contribution is 2.26. The van der Waals surface area contributed by atoms with Crippen molar-refractivity contribution in [3.05, 3.63) is 36.0 Å². The molecule has 0 aliphatic heterocycles. The first-order chi connectivity index (χ1) is 8.13. The summed E-state index contributed by atoms with van der Waals surface area (Å²) in [5.41, 5.74) is 0.714. The molecule has 0 amide bonds. The fraction of sp³-hybridized carbons (Fsp3) is 0.357. The van der Waals surface area contributed by atoms with Gasteiger partial charge in [0.15, 0.2) is 0 Å². The fourth-order valence-electron chi connectivity index (χ4n) is 1.83. The molecule has 1 heterocycles. The van der Waals surface area contributed by atoms with Crippen molar-refractivity contribution in [2.75, 3.05) is 11.9 Å². The molecule has 0 saturated heterocycles. The number of aromatic nitrogens is 1. The van der Waals surface area contributed by atoms with Crippen LogP contribution < -0.4 is 4.90 Å². The average molecular weight is 230 g/mol. The molecule has 1 aromatic heterocycles. The molecule has 0 radical (unpaired) electrons. The first kappa shape index (κ1) is 11.9. The third-order valence-corrected chi connectivity index (χ3v) is 3.04. The fourth-order valence-corrected chi connectivity index (χ4v) is 1.83. The quantitative estimate of drug-likeness (QED) is 0.880. The molecule has 0 spiro atoms. The highest BCUT2D eigenvalue weighted by Gasteiger charge is 2.11. The van der Waals surface area contributed by atoms with E-state index < -0.39 is 0 Å². The van der Waals surface area contributed by atoms with Crippen molar-refractivity contribution in [3.63, 3.8) is 0 Å². The molecule has 0 bridgehead atoms. The van der Waals surface area contributed by atoms with Crippen LogP contribution in [0.1, 0.15) is 19.5 Å². The minimum Gasteiger partial charge on any atom is -0.390 e. The third kappa shape index (κ3) is 2.24. The Morgan fingerprint density at radius 1 is 1.29 bits per heavy atom. The zero-order chi connectivity index (χ0) is 12.4. The van der Waals surface area contributed by atoms with Crippen LogP contribution in [0.3, 0.4) is 0 Å². The number of benzene rings is 1. The van der Waals surface area contributed by atoms with Crippen LogP contribution >= 0.6 is 0 Å². The van der Waals surface area contributed by atoms with E-state index in [9.17, 15) is 5.11 Å². The molecule has 90 valence electrons. The number of rotatable bonds is 3. The van der Waals surface area contributed by atoms with Gasteiger partial charge in [-0.15, -0.1) is 0 Å². The van der Waals surface area contributed by atoms with Crippen molar-refractivity contribution in [1.82, 2.24) is 4.98 Å². The Kier molecular flexibility index (Phi) is 3.29. The molecule has 1 N–H and O–H groups in total. The minimum atomic E-state index is -0.0240. The van der Waals surface area contributed by atoms with E-state index in [2.05, 4.69) is 29.8 Å². The SMILES string of the molecule is CC(C)N(C)c1nc(CO)cc2ccccc12. The van der Waals surface area contributed by atoms with Crippen LogP contribution in [0.4, 0.5) is 5.82 Å². The van der Waals surface area contributed by atoms with Crippen molar-refractivity contribution in [1.29, 1.82) is 0 Å². The molecule has 17 heavy (non-hydrogen) atoms. The van der Waals surface area contributed by atoms with Gasteiger partial charge in [0.25, 0.3) is 0 Å². The lowest BCUT2D eigenvalue weighted by Gasteiger charge is -2.24. The van der Waals surface area contributed by atoms with Crippen molar-refractivity contribution in [2.24, 2.45) is 0 Å². The van der Waals surface area contributed by atoms with Crippen LogP contribution in [-0.4, -0.2) is 23.2 Å². The predicted octanol–water partition coefficient (Wildman–Crippen LogP) is 2.57. The van der Waals surface area contributed by atoms with Crippen LogP contribution in [-0.2, 0) is 6.61 Å². The Balaban J connectivity index is 2.66. The Bertz CT molecular complexity index is 523. The molecule has 0 saturated carbocycles. The first-order valence-corrected chi connectivity index (χ1v) is 5.86. The van der Waals surface area contributed by atoms with E-state index in [-0.39, 0.29) is 6.61 Å². The zero-order valence-corrected chi connectivity index (χ0v) is 10.5. The van der Waals surface area contributed by atoms with E-state index in [1.165, 1.54) is 0 Å². The molecule has 1 aromatic carbocycles. The molecule has 3 heteroatoms. The Morgan fingerprint density at radius 3 is 2.65 bits per heavy atom. The zero-order valence-electron chi connectivity index (χ0n) is 10.5. The molecule has 0 aliphatic carbocycles. The summed E-state index contributed by atoms with van der Waals surface area (Å²) >= 11 is 0. The van der Waals surface area contributed by atoms with Gasteiger partial charge in [-0.25, -0.2) is 4.98 Å². The van der Waals surface area contributed by atoms with Crippen molar-refractivity contribution in [2.45, 2.75) is 26.5 Å². The molecule has 0 fully saturated rings. The monoisotopic (exact) mass is 230 g/mol. The van der Waals surface area contributed by atoms with Crippen LogP contribution in [0.25, 0.3) is 10.8 Å². The Morgan fingerprint density at radius 2 is 2.00 bits per heavy atom. The Labute approximate surface area is 102 Å². The summed E-state index contributed by atoms with van der Waals surface area (Å²) in [5.74, 6) is 0.933. The number of aliphatic hydroxyl groups excluding tert-OH is 1. The molecule has 0 aliphatic rings. The highest BCUT2D eigenvalue weighted by molar-refractivity contribution is 5.92. The van der Waals surface area contributed by atoms with Gasteiger partial charge in [-0.3, -0.25) is 0 Å². The highest BCUT2D eigenvalue weighted by atomic mass is 16.3. The topological polar surface area (TPSA) is 36.4 Å². The maximum Gasteiger partial charge on any atom is 0.136 e. The number of hydrogen-bond acceptors (Lipinski definition) is 3. The lowest BCUT2D eigenvalue weighted by molar-refractivity contribution is 0.277. The first-order valence-electron chi connectivity index (χ1n) is 5.86. The molecule has 2 aromatic rings. The normalized spacial score (nSPS) is 11.1. The van der Waals surface area contributed by atoms with Crippen molar-refractivity contribution in [3.8, 4) is 0 Å². The van der Waals surface area contributed by atoms with E-state index in [4.69, 9.17) is 0 Å². The lowest BCUT2D eigenvalue weighted by atomic mass is 10.1. The number of nitrogens with zero attached hydrogens (tertiary/aromatic N) is 2. The summed E-state index contributed by atoms with van der Waals surface area (Å²) < 4.78 is 0. The van der Waals surface area contributed by atoms with E-state index in [0.717, 1.165) is 16.6 Å². The number of anilines is 1. The maximum atomic E-state index is 9.26. The second kappa shape index (κ2) is 4.72. The summed E-state index contributed by atoms with van der Waals surface area (Å²) in [6.45, 7) is 4.23. The van der Waals surface area contributed by atoms with Crippen LogP contribution in [0, 0.1) is 0 Å². The molecule has 2 rings (SSSR count). The van der Waals surface area contributed by atoms with E-state index in [1.807, 2.05) is 31.3 Å². The van der Waals surface area contributed by atoms with Gasteiger partial charge in [-0.05, 0) is 25.3 Å². The van der Waals surface area contributed by atoms with Crippen LogP contribution in [0.2, 0.25) is 0 Å². The van der Waals surface area contributed by atoms with Gasteiger partial charge in [0.1, 0.15) is 5.82 Å². The predicted molar refractivity (Wildman–Crippen MR) is 71.2 cm³/mol. The van der Waals surface area contributed by atoms with E-state index in [1.54, 1.807) is 0 Å². The second-order valence-corrected chi connectivity index (χ2v) is 4.52. The van der Waals surface area contributed by atoms with Gasteiger partial charge in [0.05, 0.1) is 12.3 Å². The largest absolute Gasteiger partial charge is 0.390 e. The van der Waals surface area contributed by atoms with Crippen molar-refractivity contribution >= 4 is 16.6 Å². The third-order valence-electron chi connectivity index (χ3n) is 3.04. The summed E-state index contributed by atoms with van der Waals surface area (Å²) in [6.07, 6.45) is 0. The van der Waals surface area contributed by atoms with Gasteiger partial charge in [0.2, 0.25) is 0 Å². The number of hydrogen-bond donors (Lipinski definition) is 1. The Hall–Kier alpha value is -1.61. The maximum absolute atomic E-state index is 9.26. The molecule has 3 nitrogen and oxygen atoms in total. The van der Waals surface area contributed by atoms with Gasteiger partial charge < -0.3 is 10.0 Å². The van der Waals surface area contributed by atoms with Crippen molar-refractivity contribution < 1.29 is 5.11 Å². The second-order valence-electron chi connectivity index (χ2n) is 4.52. The van der Waals surface area contributed by atoms with E-state index >= 15 is 0 Å². The molecular formula is C14H18N2O. The molecule has 0 atom stereocenters. The van der Waals surface area contributed by atoms with E-state index in [0.29, 0.717) is 11.7 Å². The summed E-state index contributed by atoms with van der Waals surface area (Å²) in [7, 11) is 2.03. The summed E-state index contributed by atoms with van der Waals surface area (Å²) in [4.78, 5) is 6.64. The average Bonchev–Trinajstić information content (AvgIpc) is 2.36. The number of fused-ring (bicyclic) bond motifs is 1. The van der Waals surface area contributed by atoms with Gasteiger partial charge in [-0.2, -0.15) is 0 Å². The summed E-state index contributed by atoms with van der Waals surface area (Å²) in [5, 5.41) is 11.5. The smallest absolute Gasteiger partial charge is 0.136 e. The number of aliphatic hydroxyl groups is 1. The molecular weight excluding hydrogens is 212 g/mol. The van der Waals surface area contributed by atoms with Gasteiger partial charge in [0, 0.05) is 18.5 Å². The van der Waals surface area contributed by atoms with Gasteiger partial charge in [-0.1, -0.05) is 24.3 Å². The molecule has 0 unspecified atom stereocenters. The van der Waals surface area contributed by atoms with Crippen LogP contribution in [0.15, 0.2) is 30.3 Å². The number of pyridine rings is 1. The lowest BCUT2D eigenvalue weighted by Crippen LogP contribution is -2.27. The van der Waals surface area contributed by atoms with Gasteiger partial charge >= 0.3 is 0 Å². The summed E-state index contributed by atoms with van der Waals surface area (Å²) in [6, 6.07) is 10.4. The standard InChI is InChI=1S/C14H18N2O/c1-10(2)16(3)14-13-7-5-4-6-11(13)8-12(9-17)15-14/h4-8,10,17H,9H2,1-3H3.